The van der Waals surface area contributed by atoms with Gasteiger partial charge in [0, 0.05) is 16.7 Å². The molecule has 0 nitrogen and oxygen atoms in total. The molecule has 0 saturated heterocycles. The second-order valence-corrected chi connectivity index (χ2v) is 12.6. The summed E-state index contributed by atoms with van der Waals surface area (Å²) in [5, 5.41) is 0. The highest BCUT2D eigenvalue weighted by Gasteiger charge is 2.32. The van der Waals surface area contributed by atoms with Gasteiger partial charge in [0.1, 0.15) is 0 Å². The molecule has 0 saturated carbocycles. The van der Waals surface area contributed by atoms with Crippen LogP contribution < -0.4 is 0 Å². The van der Waals surface area contributed by atoms with E-state index >= 15 is 0 Å². The Hall–Kier alpha value is -7.20. The molecule has 0 N–H and O–H groups in total. The van der Waals surface area contributed by atoms with Crippen LogP contribution in [0, 0.1) is 35.5 Å². The van der Waals surface area contributed by atoms with Gasteiger partial charge >= 0.3 is 12.4 Å². The fraction of sp³-hybridized carbons (Fsp3) is 0.0400. The summed E-state index contributed by atoms with van der Waals surface area (Å²) in [7, 11) is 0. The zero-order valence-electron chi connectivity index (χ0n) is 29.4. The largest absolute Gasteiger partial charge is 0.416 e. The summed E-state index contributed by atoms with van der Waals surface area (Å²) >= 11 is 0. The molecule has 7 rings (SSSR count). The lowest BCUT2D eigenvalue weighted by atomic mass is 9.90. The van der Waals surface area contributed by atoms with Crippen molar-refractivity contribution in [2.45, 2.75) is 12.4 Å². The van der Waals surface area contributed by atoms with Crippen molar-refractivity contribution in [3.63, 3.8) is 0 Å². The van der Waals surface area contributed by atoms with Crippen molar-refractivity contribution in [3.05, 3.63) is 231 Å². The maximum Gasteiger partial charge on any atom is 0.416 e. The van der Waals surface area contributed by atoms with Crippen LogP contribution in [0.25, 0.3) is 16.7 Å². The highest BCUT2D eigenvalue weighted by atomic mass is 19.4. The molecule has 270 valence electrons. The molecule has 6 aromatic carbocycles. The minimum Gasteiger partial charge on any atom is -0.166 e. The molecule has 0 atom stereocenters. The quantitative estimate of drug-likeness (QED) is 0.118. The molecule has 6 aromatic rings. The van der Waals surface area contributed by atoms with Crippen molar-refractivity contribution in [1.82, 2.24) is 0 Å². The molecule has 0 aliphatic heterocycles. The Bertz CT molecular complexity index is 2410. The van der Waals surface area contributed by atoms with E-state index in [1.807, 2.05) is 121 Å². The van der Waals surface area contributed by atoms with Crippen molar-refractivity contribution in [2.24, 2.45) is 0 Å². The summed E-state index contributed by atoms with van der Waals surface area (Å²) in [5.41, 5.74) is 3.37. The van der Waals surface area contributed by atoms with Gasteiger partial charge in [-0.3, -0.25) is 0 Å². The minimum absolute atomic E-state index is 0.00439. The smallest absolute Gasteiger partial charge is 0.166 e. The van der Waals surface area contributed by atoms with E-state index < -0.39 is 23.5 Å². The van der Waals surface area contributed by atoms with Crippen LogP contribution in [0.15, 0.2) is 187 Å². The number of allylic oxidation sites excluding steroid dienone is 3. The third-order valence-electron chi connectivity index (χ3n) is 8.89. The SMILES string of the molecule is FC(F)(F)c1cccc(C(=C2C#CC(=C(c3ccccc3)c3ccccc3)C#CC(=C(c3ccccc3)c3ccccc3)C#C2)c2cccc(C(F)(F)F)c2)c1. The molecule has 0 fully saturated rings. The van der Waals surface area contributed by atoms with Crippen LogP contribution in [-0.2, 0) is 12.4 Å². The average molecular weight is 743 g/mol. The first-order valence-corrected chi connectivity index (χ1v) is 17.4. The molecule has 0 spiro atoms. The molecular weight excluding hydrogens is 715 g/mol. The first kappa shape index (κ1) is 37.1. The summed E-state index contributed by atoms with van der Waals surface area (Å²) in [6, 6.07) is 46.9. The van der Waals surface area contributed by atoms with E-state index in [2.05, 4.69) is 35.5 Å². The number of benzene rings is 6. The van der Waals surface area contributed by atoms with Crippen LogP contribution in [0.2, 0.25) is 0 Å². The second kappa shape index (κ2) is 16.0. The predicted molar refractivity (Wildman–Crippen MR) is 210 cm³/mol. The summed E-state index contributed by atoms with van der Waals surface area (Å²) in [6.45, 7) is 0. The van der Waals surface area contributed by atoms with Crippen LogP contribution in [0.3, 0.4) is 0 Å². The summed E-state index contributed by atoms with van der Waals surface area (Å²) in [5.74, 6) is 19.2. The van der Waals surface area contributed by atoms with Crippen molar-refractivity contribution in [2.75, 3.05) is 0 Å². The fourth-order valence-electron chi connectivity index (χ4n) is 6.33. The maximum absolute atomic E-state index is 14.1. The van der Waals surface area contributed by atoms with Gasteiger partial charge in [-0.25, -0.2) is 0 Å². The molecule has 0 unspecified atom stereocenters. The lowest BCUT2D eigenvalue weighted by Gasteiger charge is -2.15. The second-order valence-electron chi connectivity index (χ2n) is 12.6. The molecule has 0 heterocycles. The Morgan fingerprint density at radius 3 is 0.768 bits per heavy atom. The van der Waals surface area contributed by atoms with Gasteiger partial charge in [-0.2, -0.15) is 26.3 Å². The molecule has 0 bridgehead atoms. The molecule has 56 heavy (non-hydrogen) atoms. The zero-order valence-corrected chi connectivity index (χ0v) is 29.4. The average Bonchev–Trinajstić information content (AvgIpc) is 3.31. The maximum atomic E-state index is 14.1. The normalized spacial score (nSPS) is 12.4. The highest BCUT2D eigenvalue weighted by Crippen LogP contribution is 2.37. The molecule has 1 aliphatic carbocycles. The van der Waals surface area contributed by atoms with Crippen molar-refractivity contribution >= 4 is 16.7 Å². The van der Waals surface area contributed by atoms with Crippen LogP contribution in [0.5, 0.6) is 0 Å². The van der Waals surface area contributed by atoms with E-state index in [4.69, 9.17) is 0 Å². The lowest BCUT2D eigenvalue weighted by molar-refractivity contribution is -0.138. The molecule has 0 radical (unpaired) electrons. The van der Waals surface area contributed by atoms with Gasteiger partial charge < -0.3 is 0 Å². The van der Waals surface area contributed by atoms with E-state index in [1.165, 1.54) is 24.3 Å². The molecule has 6 heteroatoms. The van der Waals surface area contributed by atoms with E-state index in [1.54, 1.807) is 0 Å². The van der Waals surface area contributed by atoms with Crippen molar-refractivity contribution in [1.29, 1.82) is 0 Å². The number of rotatable bonds is 6. The first-order valence-electron chi connectivity index (χ1n) is 17.4. The fourth-order valence-corrected chi connectivity index (χ4v) is 6.33. The van der Waals surface area contributed by atoms with E-state index in [0.29, 0.717) is 22.3 Å². The molecular formula is C50H28F6. The number of alkyl halides is 6. The van der Waals surface area contributed by atoms with Gasteiger partial charge in [-0.15, -0.1) is 0 Å². The first-order chi connectivity index (χ1) is 27.1. The van der Waals surface area contributed by atoms with E-state index in [0.717, 1.165) is 46.5 Å². The van der Waals surface area contributed by atoms with Crippen LogP contribution >= 0.6 is 0 Å². The van der Waals surface area contributed by atoms with Gasteiger partial charge in [-0.05, 0) is 57.6 Å². The number of hydrogen-bond acceptors (Lipinski definition) is 0. The molecule has 1 aliphatic rings. The van der Waals surface area contributed by atoms with Gasteiger partial charge in [0.15, 0.2) is 0 Å². The Morgan fingerprint density at radius 1 is 0.286 bits per heavy atom. The molecule has 0 aromatic heterocycles. The Labute approximate surface area is 321 Å². The number of hydrogen-bond donors (Lipinski definition) is 0. The summed E-state index contributed by atoms with van der Waals surface area (Å²) < 4.78 is 84.9. The Balaban J connectivity index is 1.65. The van der Waals surface area contributed by atoms with Gasteiger partial charge in [0.25, 0.3) is 0 Å². The van der Waals surface area contributed by atoms with Crippen LogP contribution in [0.1, 0.15) is 44.5 Å². The van der Waals surface area contributed by atoms with Crippen molar-refractivity contribution < 1.29 is 26.3 Å². The zero-order chi connectivity index (χ0) is 39.1. The topological polar surface area (TPSA) is 0 Å². The highest BCUT2D eigenvalue weighted by molar-refractivity contribution is 5.94. The van der Waals surface area contributed by atoms with Gasteiger partial charge in [0.2, 0.25) is 0 Å². The predicted octanol–water partition coefficient (Wildman–Crippen LogP) is 12.6. The minimum atomic E-state index is -4.73. The van der Waals surface area contributed by atoms with Gasteiger partial charge in [-0.1, -0.05) is 181 Å². The van der Waals surface area contributed by atoms with Crippen LogP contribution in [-0.4, -0.2) is 0 Å². The third kappa shape index (κ3) is 8.45. The van der Waals surface area contributed by atoms with Crippen LogP contribution in [0.4, 0.5) is 26.3 Å². The van der Waals surface area contributed by atoms with E-state index in [9.17, 15) is 26.3 Å². The monoisotopic (exact) mass is 742 g/mol. The summed E-state index contributed by atoms with van der Waals surface area (Å²) in [6.07, 6.45) is -9.45. The Morgan fingerprint density at radius 2 is 0.518 bits per heavy atom. The number of halogens is 6. The molecule has 0 amide bonds. The third-order valence-corrected chi connectivity index (χ3v) is 8.89. The van der Waals surface area contributed by atoms with Crippen molar-refractivity contribution in [3.8, 4) is 35.5 Å². The van der Waals surface area contributed by atoms with Gasteiger partial charge in [0.05, 0.1) is 27.8 Å². The lowest BCUT2D eigenvalue weighted by Crippen LogP contribution is -2.07. The van der Waals surface area contributed by atoms with E-state index in [-0.39, 0.29) is 22.3 Å². The Kier molecular flexibility index (Phi) is 10.6. The summed E-state index contributed by atoms with van der Waals surface area (Å²) in [4.78, 5) is 0. The standard InChI is InChI=1S/C50H28F6/c51-49(52,53)44-25-13-23-42(33-44)48(43-24-14-26-45(34-43)50(54,55)56)41-31-29-39(46(35-15-5-1-6-16-35)36-17-7-2-8-18-36)27-28-40(30-32-41)47(37-19-9-3-10-20-37)38-21-11-4-12-22-38/h1-26,33-34H.